The molecule has 1 N–H and O–H groups in total. The normalized spacial score (nSPS) is 36.4. The van der Waals surface area contributed by atoms with Crippen LogP contribution in [-0.2, 0) is 9.53 Å². The van der Waals surface area contributed by atoms with E-state index in [-0.39, 0.29) is 5.92 Å². The lowest BCUT2D eigenvalue weighted by Crippen LogP contribution is -2.38. The van der Waals surface area contributed by atoms with Crippen LogP contribution < -0.4 is 0 Å². The smallest absolute Gasteiger partial charge is 0.306 e. The summed E-state index contributed by atoms with van der Waals surface area (Å²) in [7, 11) is 1.77. The van der Waals surface area contributed by atoms with Crippen molar-refractivity contribution in [3.63, 3.8) is 0 Å². The van der Waals surface area contributed by atoms with Gasteiger partial charge in [0.15, 0.2) is 0 Å². The molecule has 0 amide bonds. The van der Waals surface area contributed by atoms with Crippen LogP contribution in [-0.4, -0.2) is 48.3 Å². The summed E-state index contributed by atoms with van der Waals surface area (Å²) in [5.41, 5.74) is 0. The van der Waals surface area contributed by atoms with Gasteiger partial charge in [0.25, 0.3) is 0 Å². The van der Waals surface area contributed by atoms with Gasteiger partial charge in [0.1, 0.15) is 0 Å². The minimum absolute atomic E-state index is 0.0999. The van der Waals surface area contributed by atoms with Gasteiger partial charge in [-0.1, -0.05) is 0 Å². The molecule has 16 heavy (non-hydrogen) atoms. The van der Waals surface area contributed by atoms with Gasteiger partial charge in [-0.05, 0) is 32.1 Å². The second-order valence-corrected chi connectivity index (χ2v) is 4.99. The van der Waals surface area contributed by atoms with Crippen LogP contribution in [0.5, 0.6) is 0 Å². The van der Waals surface area contributed by atoms with Gasteiger partial charge in [0.05, 0.1) is 12.0 Å². The first-order chi connectivity index (χ1) is 7.70. The second kappa shape index (κ2) is 5.15. The third-order valence-electron chi connectivity index (χ3n) is 4.07. The number of carboxylic acids is 1. The molecular formula is C12H21NO3. The van der Waals surface area contributed by atoms with Crippen molar-refractivity contribution in [2.45, 2.75) is 44.2 Å². The molecular weight excluding hydrogens is 206 g/mol. The SMILES string of the molecule is CO[C@H]1CCN(C2CCC(C(=O)O)CC2)C1. The van der Waals surface area contributed by atoms with E-state index in [0.717, 1.165) is 45.2 Å². The number of hydrogen-bond acceptors (Lipinski definition) is 3. The third-order valence-corrected chi connectivity index (χ3v) is 4.07. The summed E-state index contributed by atoms with van der Waals surface area (Å²) in [6.45, 7) is 2.14. The van der Waals surface area contributed by atoms with E-state index in [1.54, 1.807) is 7.11 Å². The first-order valence-corrected chi connectivity index (χ1v) is 6.20. The Bertz CT molecular complexity index is 249. The quantitative estimate of drug-likeness (QED) is 0.790. The van der Waals surface area contributed by atoms with Crippen LogP contribution in [0.4, 0.5) is 0 Å². The predicted octanol–water partition coefficient (Wildman–Crippen LogP) is 1.35. The Morgan fingerprint density at radius 3 is 2.44 bits per heavy atom. The van der Waals surface area contributed by atoms with Gasteiger partial charge in [-0.25, -0.2) is 0 Å². The van der Waals surface area contributed by atoms with Crippen molar-refractivity contribution in [3.05, 3.63) is 0 Å². The standard InChI is InChI=1S/C12H21NO3/c1-16-11-6-7-13(8-11)10-4-2-9(3-5-10)12(14)15/h9-11H,2-8H2,1H3,(H,14,15)/t9?,10?,11-/m0/s1. The van der Waals surface area contributed by atoms with E-state index < -0.39 is 5.97 Å². The fourth-order valence-corrected chi connectivity index (χ4v) is 2.97. The number of likely N-dealkylation sites (tertiary alicyclic amines) is 1. The Morgan fingerprint density at radius 1 is 1.25 bits per heavy atom. The lowest BCUT2D eigenvalue weighted by molar-refractivity contribution is -0.143. The Kier molecular flexibility index (Phi) is 3.82. The van der Waals surface area contributed by atoms with Crippen molar-refractivity contribution in [1.82, 2.24) is 4.90 Å². The van der Waals surface area contributed by atoms with Gasteiger partial charge in [0.2, 0.25) is 0 Å². The summed E-state index contributed by atoms with van der Waals surface area (Å²) >= 11 is 0. The van der Waals surface area contributed by atoms with E-state index in [0.29, 0.717) is 12.1 Å². The van der Waals surface area contributed by atoms with Gasteiger partial charge >= 0.3 is 5.97 Å². The summed E-state index contributed by atoms with van der Waals surface area (Å²) in [5, 5.41) is 8.94. The number of rotatable bonds is 3. The number of ether oxygens (including phenoxy) is 1. The fraction of sp³-hybridized carbons (Fsp3) is 0.917. The minimum atomic E-state index is -0.616. The van der Waals surface area contributed by atoms with Gasteiger partial charge in [-0.2, -0.15) is 0 Å². The molecule has 2 fully saturated rings. The maximum atomic E-state index is 10.8. The number of nitrogens with zero attached hydrogens (tertiary/aromatic N) is 1. The van der Waals surface area contributed by atoms with Crippen molar-refractivity contribution in [1.29, 1.82) is 0 Å². The lowest BCUT2D eigenvalue weighted by atomic mass is 9.85. The number of aliphatic carboxylic acids is 1. The average molecular weight is 227 g/mol. The molecule has 0 radical (unpaired) electrons. The van der Waals surface area contributed by atoms with E-state index >= 15 is 0 Å². The number of carbonyl (C=O) groups is 1. The van der Waals surface area contributed by atoms with Crippen LogP contribution in [0.3, 0.4) is 0 Å². The minimum Gasteiger partial charge on any atom is -0.481 e. The van der Waals surface area contributed by atoms with E-state index in [9.17, 15) is 4.79 Å². The third kappa shape index (κ3) is 2.55. The van der Waals surface area contributed by atoms with Crippen LogP contribution in [0.15, 0.2) is 0 Å². The molecule has 0 aromatic heterocycles. The molecule has 2 rings (SSSR count). The number of methoxy groups -OCH3 is 1. The zero-order chi connectivity index (χ0) is 11.5. The highest BCUT2D eigenvalue weighted by Crippen LogP contribution is 2.30. The maximum Gasteiger partial charge on any atom is 0.306 e. The highest BCUT2D eigenvalue weighted by atomic mass is 16.5. The Morgan fingerprint density at radius 2 is 1.94 bits per heavy atom. The van der Waals surface area contributed by atoms with Crippen LogP contribution in [0.2, 0.25) is 0 Å². The molecule has 1 saturated carbocycles. The first kappa shape index (κ1) is 11.9. The summed E-state index contributed by atoms with van der Waals surface area (Å²) in [4.78, 5) is 13.3. The molecule has 1 saturated heterocycles. The van der Waals surface area contributed by atoms with Crippen LogP contribution >= 0.6 is 0 Å². The zero-order valence-corrected chi connectivity index (χ0v) is 9.89. The van der Waals surface area contributed by atoms with E-state index in [1.165, 1.54) is 0 Å². The molecule has 1 heterocycles. The molecule has 0 aromatic rings. The van der Waals surface area contributed by atoms with Gasteiger partial charge in [-0.15, -0.1) is 0 Å². The molecule has 0 spiro atoms. The summed E-state index contributed by atoms with van der Waals surface area (Å²) in [5.74, 6) is -0.716. The summed E-state index contributed by atoms with van der Waals surface area (Å²) in [6.07, 6.45) is 5.26. The highest BCUT2D eigenvalue weighted by Gasteiger charge is 2.32. The van der Waals surface area contributed by atoms with Crippen molar-refractivity contribution in [3.8, 4) is 0 Å². The molecule has 0 unspecified atom stereocenters. The molecule has 2 aliphatic rings. The number of carboxylic acid groups (broad SMARTS) is 1. The largest absolute Gasteiger partial charge is 0.481 e. The van der Waals surface area contributed by atoms with Gasteiger partial charge in [-0.3, -0.25) is 9.69 Å². The first-order valence-electron chi connectivity index (χ1n) is 6.20. The van der Waals surface area contributed by atoms with Crippen molar-refractivity contribution < 1.29 is 14.6 Å². The molecule has 1 aliphatic heterocycles. The predicted molar refractivity (Wildman–Crippen MR) is 60.4 cm³/mol. The lowest BCUT2D eigenvalue weighted by Gasteiger charge is -2.33. The van der Waals surface area contributed by atoms with E-state index in [2.05, 4.69) is 4.90 Å². The fourth-order valence-electron chi connectivity index (χ4n) is 2.97. The van der Waals surface area contributed by atoms with Gasteiger partial charge < -0.3 is 9.84 Å². The maximum absolute atomic E-state index is 10.8. The van der Waals surface area contributed by atoms with Crippen LogP contribution in [0.1, 0.15) is 32.1 Å². The molecule has 0 aromatic carbocycles. The van der Waals surface area contributed by atoms with Crippen molar-refractivity contribution >= 4 is 5.97 Å². The summed E-state index contributed by atoms with van der Waals surface area (Å²) in [6, 6.07) is 0.593. The average Bonchev–Trinajstić information content (AvgIpc) is 2.77. The second-order valence-electron chi connectivity index (χ2n) is 4.99. The molecule has 4 nitrogen and oxygen atoms in total. The van der Waals surface area contributed by atoms with Crippen molar-refractivity contribution in [2.75, 3.05) is 20.2 Å². The molecule has 1 atom stereocenters. The Labute approximate surface area is 96.6 Å². The topological polar surface area (TPSA) is 49.8 Å². The van der Waals surface area contributed by atoms with E-state index in [1.807, 2.05) is 0 Å². The van der Waals surface area contributed by atoms with Crippen LogP contribution in [0.25, 0.3) is 0 Å². The molecule has 4 heteroatoms. The zero-order valence-electron chi connectivity index (χ0n) is 9.89. The summed E-state index contributed by atoms with van der Waals surface area (Å²) < 4.78 is 5.36. The van der Waals surface area contributed by atoms with Crippen LogP contribution in [0, 0.1) is 5.92 Å². The highest BCUT2D eigenvalue weighted by molar-refractivity contribution is 5.70. The van der Waals surface area contributed by atoms with E-state index in [4.69, 9.17) is 9.84 Å². The Balaban J connectivity index is 1.79. The molecule has 0 bridgehead atoms. The van der Waals surface area contributed by atoms with Gasteiger partial charge in [0, 0.05) is 26.2 Å². The molecule has 92 valence electrons. The monoisotopic (exact) mass is 227 g/mol. The van der Waals surface area contributed by atoms with Crippen molar-refractivity contribution in [2.24, 2.45) is 5.92 Å². The molecule has 1 aliphatic carbocycles. The number of hydrogen-bond donors (Lipinski definition) is 1. The Hall–Kier alpha value is -0.610.